The molecule has 0 bridgehead atoms. The van der Waals surface area contributed by atoms with E-state index in [4.69, 9.17) is 30.9 Å². The molecule has 5 aromatic rings. The first-order valence-corrected chi connectivity index (χ1v) is 19.4. The number of rotatable bonds is 10. The Hall–Kier alpha value is -4.61. The van der Waals surface area contributed by atoms with Gasteiger partial charge in [-0.15, -0.1) is 0 Å². The Morgan fingerprint density at radius 2 is 1.58 bits per heavy atom. The van der Waals surface area contributed by atoms with Gasteiger partial charge in [-0.3, -0.25) is 9.58 Å². The predicted octanol–water partition coefficient (Wildman–Crippen LogP) is 9.12. The van der Waals surface area contributed by atoms with Crippen molar-refractivity contribution in [1.29, 1.82) is 0 Å². The lowest BCUT2D eigenvalue weighted by molar-refractivity contribution is 0.00509. The third-order valence-electron chi connectivity index (χ3n) is 9.93. The Morgan fingerprint density at radius 3 is 2.24 bits per heavy atom. The maximum Gasteiger partial charge on any atom is 0.410 e. The number of halogens is 2. The zero-order valence-corrected chi connectivity index (χ0v) is 34.3. The van der Waals surface area contributed by atoms with Gasteiger partial charge in [0.05, 0.1) is 22.8 Å². The molecular weight excluding hydrogens is 721 g/mol. The van der Waals surface area contributed by atoms with Crippen LogP contribution in [0.4, 0.5) is 9.18 Å². The number of benzene rings is 3. The SMILES string of the molecule is Cc1nn(C)c(C)c1-c1c(Cl)ccc2c(CCCOc3cccc4ccc(F)cc34)c(C(=O)OC(C)(C)C)n(CCN3CCN(C(=O)OC(C)(C)C)CC3)c12. The van der Waals surface area contributed by atoms with E-state index in [0.29, 0.717) is 80.6 Å². The molecule has 1 aliphatic heterocycles. The number of esters is 1. The number of aryl methyl sites for hydroxylation is 3. The van der Waals surface area contributed by atoms with Gasteiger partial charge in [-0.2, -0.15) is 5.10 Å². The normalized spacial score (nSPS) is 14.2. The second-order valence-corrected chi connectivity index (χ2v) is 16.8. The van der Waals surface area contributed by atoms with Crippen LogP contribution < -0.4 is 4.74 Å². The molecule has 10 nitrogen and oxygen atoms in total. The van der Waals surface area contributed by atoms with E-state index in [1.165, 1.54) is 12.1 Å². The second kappa shape index (κ2) is 15.9. The van der Waals surface area contributed by atoms with E-state index >= 15 is 0 Å². The van der Waals surface area contributed by atoms with Crippen LogP contribution in [-0.4, -0.2) is 86.7 Å². The first-order chi connectivity index (χ1) is 25.9. The fourth-order valence-corrected chi connectivity index (χ4v) is 7.64. The molecule has 3 aromatic carbocycles. The number of aromatic nitrogens is 3. The van der Waals surface area contributed by atoms with Crippen LogP contribution in [-0.2, 0) is 29.5 Å². The van der Waals surface area contributed by atoms with Gasteiger partial charge in [0.1, 0.15) is 28.5 Å². The molecule has 6 rings (SSSR count). The van der Waals surface area contributed by atoms with Gasteiger partial charge in [0.2, 0.25) is 0 Å². The first kappa shape index (κ1) is 40.1. The molecule has 0 unspecified atom stereocenters. The first-order valence-electron chi connectivity index (χ1n) is 19.0. The number of amides is 1. The molecule has 1 fully saturated rings. The second-order valence-electron chi connectivity index (χ2n) is 16.4. The summed E-state index contributed by atoms with van der Waals surface area (Å²) >= 11 is 7.13. The van der Waals surface area contributed by atoms with Crippen LogP contribution in [0.15, 0.2) is 48.5 Å². The van der Waals surface area contributed by atoms with Crippen LogP contribution in [0.25, 0.3) is 32.8 Å². The highest BCUT2D eigenvalue weighted by Gasteiger charge is 2.32. The van der Waals surface area contributed by atoms with Crippen molar-refractivity contribution >= 4 is 45.3 Å². The van der Waals surface area contributed by atoms with Gasteiger partial charge >= 0.3 is 12.1 Å². The van der Waals surface area contributed by atoms with Crippen molar-refractivity contribution in [2.45, 2.75) is 86.0 Å². The Kier molecular flexibility index (Phi) is 11.6. The summed E-state index contributed by atoms with van der Waals surface area (Å²) in [6.07, 6.45) is 0.784. The third kappa shape index (κ3) is 8.94. The Morgan fingerprint density at radius 1 is 0.873 bits per heavy atom. The molecule has 1 amide bonds. The smallest absolute Gasteiger partial charge is 0.410 e. The molecule has 0 aliphatic carbocycles. The average molecular weight is 774 g/mol. The van der Waals surface area contributed by atoms with Crippen LogP contribution in [0.5, 0.6) is 5.75 Å². The number of piperazine rings is 1. The average Bonchev–Trinajstić information content (AvgIpc) is 3.55. The molecule has 0 N–H and O–H groups in total. The van der Waals surface area contributed by atoms with Gasteiger partial charge in [0, 0.05) is 73.9 Å². The van der Waals surface area contributed by atoms with Gasteiger partial charge in [0.15, 0.2) is 0 Å². The van der Waals surface area contributed by atoms with E-state index in [0.717, 1.165) is 44.4 Å². The maximum absolute atomic E-state index is 14.4. The van der Waals surface area contributed by atoms with Crippen molar-refractivity contribution in [3.8, 4) is 16.9 Å². The summed E-state index contributed by atoms with van der Waals surface area (Å²) in [5.41, 5.74) is 4.41. The van der Waals surface area contributed by atoms with Crippen molar-refractivity contribution in [1.82, 2.24) is 24.1 Å². The molecule has 0 atom stereocenters. The summed E-state index contributed by atoms with van der Waals surface area (Å²) < 4.78 is 36.1. The van der Waals surface area contributed by atoms with E-state index in [9.17, 15) is 14.0 Å². The number of ether oxygens (including phenoxy) is 3. The van der Waals surface area contributed by atoms with E-state index < -0.39 is 17.2 Å². The van der Waals surface area contributed by atoms with E-state index in [-0.39, 0.29) is 11.9 Å². The summed E-state index contributed by atoms with van der Waals surface area (Å²) in [4.78, 5) is 31.3. The highest BCUT2D eigenvalue weighted by Crippen LogP contribution is 2.42. The zero-order chi connectivity index (χ0) is 39.8. The summed E-state index contributed by atoms with van der Waals surface area (Å²) in [7, 11) is 1.91. The number of carbonyl (C=O) groups is 2. The minimum atomic E-state index is -0.739. The molecule has 1 saturated heterocycles. The Bertz CT molecular complexity index is 2220. The van der Waals surface area contributed by atoms with Crippen LogP contribution in [0.1, 0.15) is 75.4 Å². The topological polar surface area (TPSA) is 91.1 Å². The molecule has 55 heavy (non-hydrogen) atoms. The third-order valence-corrected chi connectivity index (χ3v) is 10.2. The number of nitrogens with zero attached hydrogens (tertiary/aromatic N) is 5. The maximum atomic E-state index is 14.4. The standard InChI is InChI=1S/C43H53ClFN5O5/c1-27-36(28(2)47(9)46-27)37-34(44)18-17-32-31(13-11-25-53-35-14-10-12-29-15-16-30(45)26-33(29)35)39(40(51)54-42(3,4)5)50(38(32)37)24-21-48-19-22-49(23-20-48)41(52)55-43(6,7)8/h10,12,14-18,26H,11,13,19-25H2,1-9H3. The molecular formula is C43H53ClFN5O5. The van der Waals surface area contributed by atoms with Gasteiger partial charge in [-0.05, 0) is 103 Å². The van der Waals surface area contributed by atoms with Crippen LogP contribution in [0.2, 0.25) is 5.02 Å². The molecule has 3 heterocycles. The van der Waals surface area contributed by atoms with Gasteiger partial charge in [-0.25, -0.2) is 14.0 Å². The number of carbonyl (C=O) groups excluding carboxylic acids is 2. The summed E-state index contributed by atoms with van der Waals surface area (Å²) in [5, 5.41) is 7.80. The lowest BCUT2D eigenvalue weighted by atomic mass is 9.98. The summed E-state index contributed by atoms with van der Waals surface area (Å²) in [5.74, 6) is -0.132. The largest absolute Gasteiger partial charge is 0.493 e. The zero-order valence-electron chi connectivity index (χ0n) is 33.5. The van der Waals surface area contributed by atoms with Crippen molar-refractivity contribution in [2.24, 2.45) is 7.05 Å². The van der Waals surface area contributed by atoms with Crippen molar-refractivity contribution in [3.63, 3.8) is 0 Å². The van der Waals surface area contributed by atoms with E-state index in [1.54, 1.807) is 11.0 Å². The van der Waals surface area contributed by atoms with Crippen molar-refractivity contribution in [2.75, 3.05) is 39.3 Å². The minimum Gasteiger partial charge on any atom is -0.493 e. The molecule has 294 valence electrons. The van der Waals surface area contributed by atoms with Crippen molar-refractivity contribution < 1.29 is 28.2 Å². The van der Waals surface area contributed by atoms with E-state index in [2.05, 4.69) is 9.47 Å². The number of hydrogen-bond donors (Lipinski definition) is 0. The predicted molar refractivity (Wildman–Crippen MR) is 216 cm³/mol. The van der Waals surface area contributed by atoms with Crippen LogP contribution >= 0.6 is 11.6 Å². The van der Waals surface area contributed by atoms with Crippen LogP contribution in [0.3, 0.4) is 0 Å². The van der Waals surface area contributed by atoms with E-state index in [1.807, 2.05) is 97.5 Å². The molecule has 0 spiro atoms. The van der Waals surface area contributed by atoms with Crippen molar-refractivity contribution in [3.05, 3.63) is 82.0 Å². The molecule has 1 aliphatic rings. The Labute approximate surface area is 328 Å². The minimum absolute atomic E-state index is 0.307. The number of fused-ring (bicyclic) bond motifs is 2. The molecule has 0 saturated carbocycles. The quantitative estimate of drug-likeness (QED) is 0.103. The summed E-state index contributed by atoms with van der Waals surface area (Å²) in [6.45, 7) is 19.1. The van der Waals surface area contributed by atoms with Gasteiger partial charge in [0.25, 0.3) is 0 Å². The lowest BCUT2D eigenvalue weighted by Crippen LogP contribution is -2.50. The van der Waals surface area contributed by atoms with Gasteiger partial charge in [-0.1, -0.05) is 35.9 Å². The fourth-order valence-electron chi connectivity index (χ4n) is 7.40. The monoisotopic (exact) mass is 773 g/mol. The van der Waals surface area contributed by atoms with Crippen LogP contribution in [0, 0.1) is 19.7 Å². The van der Waals surface area contributed by atoms with Gasteiger partial charge < -0.3 is 23.7 Å². The molecule has 2 aromatic heterocycles. The number of hydrogen-bond acceptors (Lipinski definition) is 7. The lowest BCUT2D eigenvalue weighted by Gasteiger charge is -2.35. The highest BCUT2D eigenvalue weighted by atomic mass is 35.5. The Balaban J connectivity index is 1.38. The fraction of sp³-hybridized carbons (Fsp3) is 0.465. The summed E-state index contributed by atoms with van der Waals surface area (Å²) in [6, 6.07) is 14.2. The highest BCUT2D eigenvalue weighted by molar-refractivity contribution is 6.35. The molecule has 0 radical (unpaired) electrons. The molecule has 12 heteroatoms.